The highest BCUT2D eigenvalue weighted by Gasteiger charge is 2.45. The maximum atomic E-state index is 12.8. The van der Waals surface area contributed by atoms with Gasteiger partial charge in [0.25, 0.3) is 0 Å². The molecular formula is C20H23NO4. The number of hydrogen-bond donors (Lipinski definition) is 0. The molecule has 2 aromatic rings. The molecule has 0 spiro atoms. The molecule has 0 radical (unpaired) electrons. The molecule has 0 aliphatic heterocycles. The molecule has 5 heteroatoms. The van der Waals surface area contributed by atoms with Crippen molar-refractivity contribution in [3.63, 3.8) is 0 Å². The van der Waals surface area contributed by atoms with Crippen LogP contribution in [0.5, 0.6) is 17.2 Å². The molecule has 1 saturated carbocycles. The Hall–Kier alpha value is -2.69. The quantitative estimate of drug-likeness (QED) is 0.807. The number of anilines is 1. The van der Waals surface area contributed by atoms with Crippen LogP contribution in [0.25, 0.3) is 0 Å². The molecule has 0 unspecified atom stereocenters. The third-order valence-electron chi connectivity index (χ3n) is 4.74. The Morgan fingerprint density at radius 1 is 0.960 bits per heavy atom. The molecule has 0 N–H and O–H groups in total. The second-order valence-corrected chi connectivity index (χ2v) is 6.16. The normalized spacial score (nSPS) is 18.4. The minimum atomic E-state index is 0.0199. The van der Waals surface area contributed by atoms with E-state index >= 15 is 0 Å². The highest BCUT2D eigenvalue weighted by molar-refractivity contribution is 5.97. The average Bonchev–Trinajstić information content (AvgIpc) is 3.47. The van der Waals surface area contributed by atoms with Gasteiger partial charge < -0.3 is 19.1 Å². The van der Waals surface area contributed by atoms with E-state index < -0.39 is 0 Å². The Balaban J connectivity index is 1.71. The molecular weight excluding hydrogens is 318 g/mol. The summed E-state index contributed by atoms with van der Waals surface area (Å²) in [5, 5.41) is 0. The summed E-state index contributed by atoms with van der Waals surface area (Å²) in [6, 6.07) is 13.4. The maximum absolute atomic E-state index is 12.8. The first-order valence-electron chi connectivity index (χ1n) is 8.22. The number of benzene rings is 2. The number of nitrogens with zero attached hydrogens (tertiary/aromatic N) is 1. The molecule has 3 rings (SSSR count). The molecule has 25 heavy (non-hydrogen) atoms. The van der Waals surface area contributed by atoms with Gasteiger partial charge in [-0.2, -0.15) is 0 Å². The molecule has 132 valence electrons. The van der Waals surface area contributed by atoms with E-state index in [0.29, 0.717) is 11.5 Å². The summed E-state index contributed by atoms with van der Waals surface area (Å²) in [6.07, 6.45) is 0.878. The van der Waals surface area contributed by atoms with Crippen LogP contribution in [0.3, 0.4) is 0 Å². The average molecular weight is 341 g/mol. The molecule has 0 bridgehead atoms. The standard InChI is InChI=1S/C20H23NO4/c1-21(14-7-10-18(24-3)19(11-14)25-4)20(22)17-12-16(17)13-5-8-15(23-2)9-6-13/h5-11,16-17H,12H2,1-4H3/t16-,17-/m1/s1. The van der Waals surface area contributed by atoms with Gasteiger partial charge in [0.2, 0.25) is 5.91 Å². The maximum Gasteiger partial charge on any atom is 0.230 e. The largest absolute Gasteiger partial charge is 0.497 e. The van der Waals surface area contributed by atoms with Crippen LogP contribution in [0.1, 0.15) is 17.9 Å². The fourth-order valence-corrected chi connectivity index (χ4v) is 3.10. The minimum absolute atomic E-state index is 0.0199. The van der Waals surface area contributed by atoms with E-state index in [2.05, 4.69) is 0 Å². The lowest BCUT2D eigenvalue weighted by Crippen LogP contribution is -2.28. The summed E-state index contributed by atoms with van der Waals surface area (Å²) in [4.78, 5) is 14.5. The topological polar surface area (TPSA) is 48.0 Å². The number of carbonyl (C=O) groups is 1. The van der Waals surface area contributed by atoms with Crippen LogP contribution in [-0.4, -0.2) is 34.3 Å². The van der Waals surface area contributed by atoms with Gasteiger partial charge in [-0.25, -0.2) is 0 Å². The lowest BCUT2D eigenvalue weighted by Gasteiger charge is -2.19. The van der Waals surface area contributed by atoms with Gasteiger partial charge in [0, 0.05) is 24.7 Å². The predicted molar refractivity (Wildman–Crippen MR) is 96.8 cm³/mol. The van der Waals surface area contributed by atoms with E-state index in [0.717, 1.165) is 17.9 Å². The first kappa shape index (κ1) is 17.1. The third-order valence-corrected chi connectivity index (χ3v) is 4.74. The van der Waals surface area contributed by atoms with Crippen molar-refractivity contribution in [1.29, 1.82) is 0 Å². The number of hydrogen-bond acceptors (Lipinski definition) is 4. The Labute approximate surface area is 148 Å². The van der Waals surface area contributed by atoms with Crippen molar-refractivity contribution >= 4 is 11.6 Å². The van der Waals surface area contributed by atoms with Crippen LogP contribution in [0.2, 0.25) is 0 Å². The monoisotopic (exact) mass is 341 g/mol. The lowest BCUT2D eigenvalue weighted by molar-refractivity contribution is -0.119. The Morgan fingerprint density at radius 2 is 1.64 bits per heavy atom. The number of rotatable bonds is 6. The zero-order valence-corrected chi connectivity index (χ0v) is 15.0. The van der Waals surface area contributed by atoms with Crippen LogP contribution >= 0.6 is 0 Å². The molecule has 0 aromatic heterocycles. The zero-order chi connectivity index (χ0) is 18.0. The van der Waals surface area contributed by atoms with E-state index in [1.807, 2.05) is 42.5 Å². The summed E-state index contributed by atoms with van der Waals surface area (Å²) in [5.41, 5.74) is 1.97. The molecule has 1 fully saturated rings. The van der Waals surface area contributed by atoms with Gasteiger partial charge in [-0.05, 0) is 42.2 Å². The van der Waals surface area contributed by atoms with Gasteiger partial charge in [0.05, 0.1) is 21.3 Å². The van der Waals surface area contributed by atoms with Gasteiger partial charge >= 0.3 is 0 Å². The smallest absolute Gasteiger partial charge is 0.230 e. The van der Waals surface area contributed by atoms with E-state index in [-0.39, 0.29) is 17.7 Å². The fraction of sp³-hybridized carbons (Fsp3) is 0.350. The number of ether oxygens (including phenoxy) is 3. The Bertz CT molecular complexity index is 757. The third kappa shape index (κ3) is 3.40. The number of methoxy groups -OCH3 is 3. The molecule has 0 saturated heterocycles. The summed E-state index contributed by atoms with van der Waals surface area (Å²) in [5.74, 6) is 2.51. The van der Waals surface area contributed by atoms with Crippen LogP contribution < -0.4 is 19.1 Å². The summed E-state index contributed by atoms with van der Waals surface area (Å²) in [7, 11) is 6.63. The molecule has 0 heterocycles. The number of amides is 1. The Morgan fingerprint density at radius 3 is 2.24 bits per heavy atom. The fourth-order valence-electron chi connectivity index (χ4n) is 3.10. The summed E-state index contributed by atoms with van der Waals surface area (Å²) < 4.78 is 15.7. The van der Waals surface area contributed by atoms with E-state index in [1.54, 1.807) is 33.3 Å². The van der Waals surface area contributed by atoms with Crippen LogP contribution in [0.15, 0.2) is 42.5 Å². The minimum Gasteiger partial charge on any atom is -0.497 e. The van der Waals surface area contributed by atoms with Gasteiger partial charge in [-0.1, -0.05) is 12.1 Å². The van der Waals surface area contributed by atoms with Crippen molar-refractivity contribution in [1.82, 2.24) is 0 Å². The van der Waals surface area contributed by atoms with E-state index in [4.69, 9.17) is 14.2 Å². The van der Waals surface area contributed by atoms with Crippen molar-refractivity contribution < 1.29 is 19.0 Å². The zero-order valence-electron chi connectivity index (χ0n) is 15.0. The van der Waals surface area contributed by atoms with Crippen molar-refractivity contribution in [2.75, 3.05) is 33.3 Å². The first-order chi connectivity index (χ1) is 12.1. The predicted octanol–water partition coefficient (Wildman–Crippen LogP) is 3.48. The second-order valence-electron chi connectivity index (χ2n) is 6.16. The molecule has 1 aliphatic carbocycles. The molecule has 2 aromatic carbocycles. The SMILES string of the molecule is COc1ccc([C@H]2C[C@H]2C(=O)N(C)c2ccc(OC)c(OC)c2)cc1. The van der Waals surface area contributed by atoms with Crippen molar-refractivity contribution in [3.8, 4) is 17.2 Å². The van der Waals surface area contributed by atoms with E-state index in [1.165, 1.54) is 5.56 Å². The van der Waals surface area contributed by atoms with E-state index in [9.17, 15) is 4.79 Å². The molecule has 1 aliphatic rings. The van der Waals surface area contributed by atoms with Gasteiger partial charge in [-0.15, -0.1) is 0 Å². The first-order valence-corrected chi connectivity index (χ1v) is 8.22. The summed E-state index contributed by atoms with van der Waals surface area (Å²) >= 11 is 0. The molecule has 2 atom stereocenters. The van der Waals surface area contributed by atoms with Crippen molar-refractivity contribution in [2.45, 2.75) is 12.3 Å². The van der Waals surface area contributed by atoms with Crippen LogP contribution in [-0.2, 0) is 4.79 Å². The van der Waals surface area contributed by atoms with Gasteiger partial charge in [0.1, 0.15) is 5.75 Å². The molecule has 1 amide bonds. The van der Waals surface area contributed by atoms with Gasteiger partial charge in [0.15, 0.2) is 11.5 Å². The Kier molecular flexibility index (Phi) is 4.83. The van der Waals surface area contributed by atoms with Gasteiger partial charge in [-0.3, -0.25) is 4.79 Å². The van der Waals surface area contributed by atoms with Crippen molar-refractivity contribution in [3.05, 3.63) is 48.0 Å². The second kappa shape index (κ2) is 7.05. The summed E-state index contributed by atoms with van der Waals surface area (Å²) in [6.45, 7) is 0. The lowest BCUT2D eigenvalue weighted by atomic mass is 10.1. The number of carbonyl (C=O) groups excluding carboxylic acids is 1. The van der Waals surface area contributed by atoms with Crippen LogP contribution in [0, 0.1) is 5.92 Å². The van der Waals surface area contributed by atoms with Crippen molar-refractivity contribution in [2.24, 2.45) is 5.92 Å². The molecule has 5 nitrogen and oxygen atoms in total. The highest BCUT2D eigenvalue weighted by atomic mass is 16.5. The highest BCUT2D eigenvalue weighted by Crippen LogP contribution is 2.49. The van der Waals surface area contributed by atoms with Crippen LogP contribution in [0.4, 0.5) is 5.69 Å².